The number of pyridine rings is 2. The average Bonchev–Trinajstić information content (AvgIpc) is 2.69. The molecule has 2 saturated heterocycles. The Balaban J connectivity index is 0.000000247. The summed E-state index contributed by atoms with van der Waals surface area (Å²) in [5, 5.41) is 9.63. The molecule has 1 amide bonds. The molecule has 8 rings (SSSR count). The first kappa shape index (κ1) is 65.0. The maximum Gasteiger partial charge on any atom is 0.397 e. The summed E-state index contributed by atoms with van der Waals surface area (Å²) >= 11 is 0. The van der Waals surface area contributed by atoms with Crippen molar-refractivity contribution in [3.8, 4) is 23.0 Å². The van der Waals surface area contributed by atoms with Crippen molar-refractivity contribution in [2.24, 2.45) is 10.8 Å². The summed E-state index contributed by atoms with van der Waals surface area (Å²) in [6, 6.07) is 31.2. The molecule has 4 aromatic carbocycles. The number of aromatic nitrogens is 2. The summed E-state index contributed by atoms with van der Waals surface area (Å²) in [6.45, 7) is 24.4. The minimum Gasteiger partial charge on any atom is -0.497 e. The molecule has 2 fully saturated rings. The summed E-state index contributed by atoms with van der Waals surface area (Å²) in [7, 11) is 6.51. The van der Waals surface area contributed by atoms with Gasteiger partial charge in [0.2, 0.25) is 5.91 Å². The average molecular weight is 1180 g/mol. The molecule has 0 radical (unpaired) electrons. The Kier molecular flexibility index (Phi) is 21.2. The standard InChI is InChI=1S/C34H43F3N4O5.C31H42N4O4/c1-22-23(2)39-31(41(17-24-8-12-26(43-6)13-9-24)18-25-10-14-27(44-7)15-11-25)30(40-28(42)16-34(35,36)37)29(22)38-19-33(5)20-45-32(3,4)46-21-33;1-21-22(2)34-29(27(32)28(21)33-18-31(5)19-38-30(3,4)39-20-31)35(16-23-8-12-25(36-6)13-9-23)17-24-10-14-26(37-7)15-11-24/h8-15H,16-21H2,1-7H3,(H,38,39)(H,40,42);8-15H,16-20,32H2,1-7H3,(H,33,34). The van der Waals surface area contributed by atoms with Crippen LogP contribution in [-0.2, 0) is 49.9 Å². The maximum absolute atomic E-state index is 13.4. The zero-order chi connectivity index (χ0) is 61.9. The Morgan fingerprint density at radius 2 is 0.824 bits per heavy atom. The van der Waals surface area contributed by atoms with Gasteiger partial charge in [0.05, 0.1) is 71.9 Å². The molecule has 0 spiro atoms. The summed E-state index contributed by atoms with van der Waals surface area (Å²) in [6.07, 6.45) is -6.32. The van der Waals surface area contributed by atoms with Crippen LogP contribution in [-0.4, -0.2) is 102 Å². The van der Waals surface area contributed by atoms with E-state index in [1.54, 1.807) is 28.4 Å². The van der Waals surface area contributed by atoms with Crippen LogP contribution in [0.5, 0.6) is 23.0 Å². The van der Waals surface area contributed by atoms with E-state index in [1.807, 2.05) is 133 Å². The number of ether oxygens (including phenoxy) is 8. The summed E-state index contributed by atoms with van der Waals surface area (Å²) in [4.78, 5) is 26.9. The number of nitrogen functional groups attached to an aromatic ring is 1. The Morgan fingerprint density at radius 3 is 1.15 bits per heavy atom. The van der Waals surface area contributed by atoms with Crippen LogP contribution in [0, 0.1) is 38.5 Å². The minimum absolute atomic E-state index is 0.168. The van der Waals surface area contributed by atoms with Gasteiger partial charge in [-0.3, -0.25) is 4.79 Å². The van der Waals surface area contributed by atoms with Crippen molar-refractivity contribution in [1.82, 2.24) is 9.97 Å². The van der Waals surface area contributed by atoms with Crippen LogP contribution in [0.15, 0.2) is 97.1 Å². The van der Waals surface area contributed by atoms with Crippen molar-refractivity contribution in [1.29, 1.82) is 0 Å². The van der Waals surface area contributed by atoms with Crippen molar-refractivity contribution in [3.05, 3.63) is 142 Å². The molecule has 4 heterocycles. The zero-order valence-electron chi connectivity index (χ0n) is 51.7. The number of nitrogens with zero attached hydrogens (tertiary/aromatic N) is 4. The Morgan fingerprint density at radius 1 is 0.518 bits per heavy atom. The van der Waals surface area contributed by atoms with E-state index in [0.717, 1.165) is 56.5 Å². The number of hydrogen-bond acceptors (Lipinski definition) is 16. The molecule has 6 aromatic rings. The molecular formula is C65H85F3N8O9. The van der Waals surface area contributed by atoms with Crippen LogP contribution in [0.2, 0.25) is 0 Å². The van der Waals surface area contributed by atoms with Crippen LogP contribution < -0.4 is 50.4 Å². The highest BCUT2D eigenvalue weighted by atomic mass is 19.4. The highest BCUT2D eigenvalue weighted by Gasteiger charge is 2.39. The summed E-state index contributed by atoms with van der Waals surface area (Å²) in [5.74, 6) is 1.64. The van der Waals surface area contributed by atoms with Gasteiger partial charge in [-0.15, -0.1) is 0 Å². The predicted octanol–water partition coefficient (Wildman–Crippen LogP) is 12.7. The normalized spacial score (nSPS) is 15.8. The van der Waals surface area contributed by atoms with E-state index < -0.39 is 35.5 Å². The fraction of sp³-hybridized carbons (Fsp3) is 0.462. The van der Waals surface area contributed by atoms with Gasteiger partial charge in [-0.1, -0.05) is 62.4 Å². The quantitative estimate of drug-likeness (QED) is 0.0503. The fourth-order valence-corrected chi connectivity index (χ4v) is 9.56. The Hall–Kier alpha value is -7.52. The molecule has 85 heavy (non-hydrogen) atoms. The fourth-order valence-electron chi connectivity index (χ4n) is 9.56. The molecule has 17 nitrogen and oxygen atoms in total. The van der Waals surface area contributed by atoms with Gasteiger partial charge in [-0.05, 0) is 137 Å². The molecule has 5 N–H and O–H groups in total. The van der Waals surface area contributed by atoms with Crippen LogP contribution in [0.25, 0.3) is 0 Å². The molecule has 20 heteroatoms. The van der Waals surface area contributed by atoms with Crippen LogP contribution in [0.3, 0.4) is 0 Å². The van der Waals surface area contributed by atoms with Crippen LogP contribution in [0.4, 0.5) is 47.6 Å². The van der Waals surface area contributed by atoms with E-state index in [1.165, 1.54) is 0 Å². The number of aryl methyl sites for hydroxylation is 2. The van der Waals surface area contributed by atoms with Gasteiger partial charge in [0.1, 0.15) is 35.1 Å². The lowest BCUT2D eigenvalue weighted by atomic mass is 9.91. The second-order valence-corrected chi connectivity index (χ2v) is 23.6. The number of nitrogens with one attached hydrogen (secondary N) is 3. The molecule has 2 aliphatic heterocycles. The van der Waals surface area contributed by atoms with E-state index in [2.05, 4.69) is 59.0 Å². The molecule has 0 atom stereocenters. The van der Waals surface area contributed by atoms with Crippen molar-refractivity contribution >= 4 is 40.3 Å². The van der Waals surface area contributed by atoms with Gasteiger partial charge in [-0.25, -0.2) is 9.97 Å². The maximum atomic E-state index is 13.4. The van der Waals surface area contributed by atoms with Crippen molar-refractivity contribution in [3.63, 3.8) is 0 Å². The van der Waals surface area contributed by atoms with E-state index in [0.29, 0.717) is 106 Å². The number of carbonyl (C=O) groups excluding carboxylic acids is 1. The number of amides is 1. The highest BCUT2D eigenvalue weighted by Crippen LogP contribution is 2.41. The summed E-state index contributed by atoms with van der Waals surface area (Å²) < 4.78 is 85.1. The molecule has 0 saturated carbocycles. The van der Waals surface area contributed by atoms with Crippen LogP contribution >= 0.6 is 0 Å². The third kappa shape index (κ3) is 18.0. The van der Waals surface area contributed by atoms with E-state index in [4.69, 9.17) is 53.6 Å². The van der Waals surface area contributed by atoms with Gasteiger partial charge in [0.15, 0.2) is 23.2 Å². The Bertz CT molecular complexity index is 3060. The second kappa shape index (κ2) is 27.7. The smallest absolute Gasteiger partial charge is 0.397 e. The number of anilines is 6. The third-order valence-corrected chi connectivity index (χ3v) is 15.2. The largest absolute Gasteiger partial charge is 0.497 e. The molecule has 2 aliphatic rings. The van der Waals surface area contributed by atoms with Gasteiger partial charge in [0, 0.05) is 61.5 Å². The monoisotopic (exact) mass is 1180 g/mol. The van der Waals surface area contributed by atoms with Gasteiger partial charge in [-0.2, -0.15) is 13.2 Å². The number of alkyl halides is 3. The minimum atomic E-state index is -4.69. The van der Waals surface area contributed by atoms with Crippen molar-refractivity contribution in [2.45, 2.75) is 120 Å². The predicted molar refractivity (Wildman–Crippen MR) is 328 cm³/mol. The number of nitrogens with two attached hydrogens (primary N) is 1. The highest BCUT2D eigenvalue weighted by molar-refractivity contribution is 5.99. The number of carbonyl (C=O) groups is 1. The lowest BCUT2D eigenvalue weighted by Crippen LogP contribution is -2.48. The molecule has 0 aliphatic carbocycles. The van der Waals surface area contributed by atoms with Crippen molar-refractivity contribution < 1.29 is 55.9 Å². The Labute approximate surface area is 499 Å². The number of rotatable bonds is 22. The van der Waals surface area contributed by atoms with E-state index in [9.17, 15) is 18.0 Å². The first-order valence-electron chi connectivity index (χ1n) is 28.3. The lowest BCUT2D eigenvalue weighted by Gasteiger charge is -2.41. The van der Waals surface area contributed by atoms with Gasteiger partial charge >= 0.3 is 6.18 Å². The molecule has 0 bridgehead atoms. The molecule has 2 aromatic heterocycles. The third-order valence-electron chi connectivity index (χ3n) is 15.2. The second-order valence-electron chi connectivity index (χ2n) is 23.6. The molecule has 0 unspecified atom stereocenters. The molecular weight excluding hydrogens is 1090 g/mol. The number of methoxy groups -OCH3 is 4. The van der Waals surface area contributed by atoms with Gasteiger partial charge < -0.3 is 69.4 Å². The van der Waals surface area contributed by atoms with Crippen LogP contribution in [0.1, 0.15) is 92.7 Å². The number of hydrogen-bond donors (Lipinski definition) is 4. The van der Waals surface area contributed by atoms with E-state index >= 15 is 0 Å². The summed E-state index contributed by atoms with van der Waals surface area (Å²) in [5.41, 5.74) is 15.8. The van der Waals surface area contributed by atoms with Crippen molar-refractivity contribution in [2.75, 3.05) is 99.4 Å². The van der Waals surface area contributed by atoms with Gasteiger partial charge in [0.25, 0.3) is 0 Å². The van der Waals surface area contributed by atoms with E-state index in [-0.39, 0.29) is 11.1 Å². The lowest BCUT2D eigenvalue weighted by molar-refractivity contribution is -0.280. The zero-order valence-corrected chi connectivity index (χ0v) is 51.7. The molecule has 460 valence electrons. The topological polar surface area (TPSA) is 185 Å². The first-order valence-corrected chi connectivity index (χ1v) is 28.3. The number of benzene rings is 4. The SMILES string of the molecule is COc1ccc(CN(Cc2ccc(OC)cc2)c2nc(C)c(C)c(NCC3(C)COC(C)(C)OC3)c2N)cc1.COc1ccc(CN(Cc2ccc(OC)cc2)c2nc(C)c(C)c(NCC3(C)COC(C)(C)OC3)c2NC(=O)CC(F)(F)F)cc1. The first-order chi connectivity index (χ1) is 40.1. The number of halogens is 3.